The average Bonchev–Trinajstić information content (AvgIpc) is 2.59. The van der Waals surface area contributed by atoms with E-state index in [2.05, 4.69) is 63.1 Å². The molecule has 0 aliphatic heterocycles. The Labute approximate surface area is 104 Å². The summed E-state index contributed by atoms with van der Waals surface area (Å²) < 4.78 is 2.19. The first-order valence-corrected chi connectivity index (χ1v) is 6.18. The molecule has 0 fully saturated rings. The van der Waals surface area contributed by atoms with Crippen molar-refractivity contribution in [3.05, 3.63) is 35.8 Å². The van der Waals surface area contributed by atoms with Gasteiger partial charge in [-0.2, -0.15) is 0 Å². The summed E-state index contributed by atoms with van der Waals surface area (Å²) in [5.74, 6) is 0. The minimum Gasteiger partial charge on any atom is -0.304 e. The summed E-state index contributed by atoms with van der Waals surface area (Å²) in [5, 5.41) is 0. The van der Waals surface area contributed by atoms with Crippen LogP contribution in [0.1, 0.15) is 52.8 Å². The van der Waals surface area contributed by atoms with Crippen LogP contribution < -0.4 is 0 Å². The maximum absolute atomic E-state index is 4.43. The molecule has 2 nitrogen and oxygen atoms in total. The third-order valence-electron chi connectivity index (χ3n) is 3.14. The first kappa shape index (κ1) is 12.2. The van der Waals surface area contributed by atoms with E-state index in [1.165, 1.54) is 11.3 Å². The highest BCUT2D eigenvalue weighted by Crippen LogP contribution is 2.29. The van der Waals surface area contributed by atoms with Crippen molar-refractivity contribution in [2.45, 2.75) is 52.4 Å². The topological polar surface area (TPSA) is 17.3 Å². The molecule has 0 aromatic carbocycles. The molecule has 0 unspecified atom stereocenters. The number of hydrogen-bond donors (Lipinski definition) is 0. The zero-order valence-electron chi connectivity index (χ0n) is 11.7. The molecule has 0 saturated heterocycles. The molecule has 2 rings (SSSR count). The van der Waals surface area contributed by atoms with Crippen LogP contribution in [0, 0.1) is 0 Å². The lowest BCUT2D eigenvalue weighted by molar-refractivity contribution is 0.546. The Hall–Kier alpha value is -1.31. The van der Waals surface area contributed by atoms with Gasteiger partial charge >= 0.3 is 0 Å². The lowest BCUT2D eigenvalue weighted by Crippen LogP contribution is -2.19. The Balaban J connectivity index is 2.76. The summed E-state index contributed by atoms with van der Waals surface area (Å²) in [6.07, 6.45) is 3.92. The fourth-order valence-corrected chi connectivity index (χ4v) is 2.03. The molecule has 0 aliphatic carbocycles. The van der Waals surface area contributed by atoms with Gasteiger partial charge < -0.3 is 4.40 Å². The maximum Gasteiger partial charge on any atom is 0.137 e. The van der Waals surface area contributed by atoms with E-state index in [1.807, 2.05) is 12.4 Å². The van der Waals surface area contributed by atoms with Crippen LogP contribution >= 0.6 is 0 Å². The van der Waals surface area contributed by atoms with Gasteiger partial charge in [0.2, 0.25) is 0 Å². The van der Waals surface area contributed by atoms with Crippen molar-refractivity contribution in [2.75, 3.05) is 0 Å². The molecule has 0 amide bonds. The normalized spacial score (nSPS) is 13.3. The van der Waals surface area contributed by atoms with Crippen molar-refractivity contribution in [1.29, 1.82) is 0 Å². The fraction of sp³-hybridized carbons (Fsp3) is 0.533. The number of nitrogens with zero attached hydrogens (tertiary/aromatic N) is 2. The van der Waals surface area contributed by atoms with E-state index in [4.69, 9.17) is 0 Å². The minimum absolute atomic E-state index is 0.125. The maximum atomic E-state index is 4.43. The molecule has 92 valence electrons. The summed E-state index contributed by atoms with van der Waals surface area (Å²) >= 11 is 0. The molecule has 17 heavy (non-hydrogen) atoms. The molecule has 0 N–H and O–H groups in total. The van der Waals surface area contributed by atoms with Crippen LogP contribution in [-0.4, -0.2) is 9.38 Å². The third kappa shape index (κ3) is 2.21. The van der Waals surface area contributed by atoms with Crippen molar-refractivity contribution < 1.29 is 0 Å². The summed E-state index contributed by atoms with van der Waals surface area (Å²) in [7, 11) is 0. The molecule has 0 radical (unpaired) electrons. The van der Waals surface area contributed by atoms with Crippen molar-refractivity contribution in [3.63, 3.8) is 0 Å². The Kier molecular flexibility index (Phi) is 2.57. The molecule has 0 bridgehead atoms. The first-order valence-electron chi connectivity index (χ1n) is 6.18. The number of rotatable bonds is 0. The van der Waals surface area contributed by atoms with Crippen LogP contribution in [-0.2, 0) is 10.8 Å². The standard InChI is InChI=1S/C15H22N2/c1-14(2,3)11-9-12(15(4,5)6)17-8-7-16-13(17)10-11/h7-10H,1-6H3. The summed E-state index contributed by atoms with van der Waals surface area (Å²) in [6, 6.07) is 4.50. The van der Waals surface area contributed by atoms with Gasteiger partial charge in [0, 0.05) is 23.5 Å². The zero-order valence-corrected chi connectivity index (χ0v) is 11.7. The van der Waals surface area contributed by atoms with Gasteiger partial charge in [0.1, 0.15) is 5.65 Å². The summed E-state index contributed by atoms with van der Waals surface area (Å²) in [5.41, 5.74) is 3.99. The van der Waals surface area contributed by atoms with Crippen molar-refractivity contribution in [1.82, 2.24) is 9.38 Å². The Morgan fingerprint density at radius 2 is 1.59 bits per heavy atom. The van der Waals surface area contributed by atoms with Gasteiger partial charge in [0.15, 0.2) is 0 Å². The van der Waals surface area contributed by atoms with Crippen molar-refractivity contribution >= 4 is 5.65 Å². The van der Waals surface area contributed by atoms with Crippen molar-refractivity contribution in [2.24, 2.45) is 0 Å². The van der Waals surface area contributed by atoms with Crippen LogP contribution in [0.2, 0.25) is 0 Å². The highest BCUT2D eigenvalue weighted by atomic mass is 15.0. The van der Waals surface area contributed by atoms with Gasteiger partial charge in [-0.1, -0.05) is 41.5 Å². The Bertz CT molecular complexity index is 536. The van der Waals surface area contributed by atoms with E-state index in [0.29, 0.717) is 0 Å². The number of pyridine rings is 1. The quantitative estimate of drug-likeness (QED) is 0.670. The second kappa shape index (κ2) is 3.59. The Morgan fingerprint density at radius 1 is 0.941 bits per heavy atom. The van der Waals surface area contributed by atoms with Gasteiger partial charge in [-0.05, 0) is 23.1 Å². The lowest BCUT2D eigenvalue weighted by atomic mass is 9.83. The number of aromatic nitrogens is 2. The van der Waals surface area contributed by atoms with E-state index in [0.717, 1.165) is 5.65 Å². The minimum atomic E-state index is 0.125. The smallest absolute Gasteiger partial charge is 0.137 e. The van der Waals surface area contributed by atoms with E-state index in [9.17, 15) is 0 Å². The van der Waals surface area contributed by atoms with Crippen LogP contribution in [0.4, 0.5) is 0 Å². The molecule has 0 spiro atoms. The number of imidazole rings is 1. The predicted octanol–water partition coefficient (Wildman–Crippen LogP) is 3.93. The monoisotopic (exact) mass is 230 g/mol. The molecule has 2 aromatic rings. The molecule has 0 atom stereocenters. The molecule has 0 aliphatic rings. The van der Waals surface area contributed by atoms with Crippen LogP contribution in [0.25, 0.3) is 5.65 Å². The third-order valence-corrected chi connectivity index (χ3v) is 3.14. The molecule has 2 heteroatoms. The van der Waals surface area contributed by atoms with Gasteiger partial charge in [-0.15, -0.1) is 0 Å². The van der Waals surface area contributed by atoms with Crippen molar-refractivity contribution in [3.8, 4) is 0 Å². The molecule has 2 heterocycles. The first-order chi connectivity index (χ1) is 7.69. The van der Waals surface area contributed by atoms with E-state index in [1.54, 1.807) is 0 Å². The van der Waals surface area contributed by atoms with Crippen LogP contribution in [0.5, 0.6) is 0 Å². The van der Waals surface area contributed by atoms with Gasteiger partial charge in [0.25, 0.3) is 0 Å². The number of hydrogen-bond acceptors (Lipinski definition) is 1. The average molecular weight is 230 g/mol. The van der Waals surface area contributed by atoms with Gasteiger partial charge in [0.05, 0.1) is 0 Å². The SMILES string of the molecule is CC(C)(C)c1cc(C(C)(C)C)n2ccnc2c1. The molecule has 2 aromatic heterocycles. The predicted molar refractivity (Wildman–Crippen MR) is 72.6 cm³/mol. The van der Waals surface area contributed by atoms with Crippen LogP contribution in [0.3, 0.4) is 0 Å². The fourth-order valence-electron chi connectivity index (χ4n) is 2.03. The molecule has 0 saturated carbocycles. The largest absolute Gasteiger partial charge is 0.304 e. The van der Waals surface area contributed by atoms with Gasteiger partial charge in [-0.3, -0.25) is 0 Å². The van der Waals surface area contributed by atoms with E-state index < -0.39 is 0 Å². The Morgan fingerprint density at radius 3 is 2.12 bits per heavy atom. The molecular weight excluding hydrogens is 208 g/mol. The van der Waals surface area contributed by atoms with E-state index in [-0.39, 0.29) is 10.8 Å². The highest BCUT2D eigenvalue weighted by Gasteiger charge is 2.22. The molecular formula is C15H22N2. The highest BCUT2D eigenvalue weighted by molar-refractivity contribution is 5.47. The second-order valence-corrected chi connectivity index (χ2v) is 6.78. The summed E-state index contributed by atoms with van der Waals surface area (Å²) in [6.45, 7) is 13.5. The van der Waals surface area contributed by atoms with Gasteiger partial charge in [-0.25, -0.2) is 4.98 Å². The number of fused-ring (bicyclic) bond motifs is 1. The second-order valence-electron chi connectivity index (χ2n) is 6.78. The summed E-state index contributed by atoms with van der Waals surface area (Å²) in [4.78, 5) is 4.43. The lowest BCUT2D eigenvalue weighted by Gasteiger charge is -2.26. The zero-order chi connectivity index (χ0) is 12.8. The van der Waals surface area contributed by atoms with E-state index >= 15 is 0 Å². The van der Waals surface area contributed by atoms with Crippen LogP contribution in [0.15, 0.2) is 24.5 Å².